The van der Waals surface area contributed by atoms with Gasteiger partial charge in [-0.1, -0.05) is 12.2 Å². The lowest BCUT2D eigenvalue weighted by Crippen LogP contribution is -2.36. The molecule has 0 aliphatic carbocycles. The average Bonchev–Trinajstić information content (AvgIpc) is 2.48. The maximum Gasteiger partial charge on any atom is 0.410 e. The summed E-state index contributed by atoms with van der Waals surface area (Å²) in [5, 5.41) is 9.23. The molecule has 1 heterocycles. The van der Waals surface area contributed by atoms with Crippen LogP contribution in [0.4, 0.5) is 4.79 Å². The maximum absolute atomic E-state index is 12.4. The Kier molecular flexibility index (Phi) is 7.88. The van der Waals surface area contributed by atoms with Gasteiger partial charge in [0.25, 0.3) is 0 Å². The first kappa shape index (κ1) is 20.1. The third kappa shape index (κ3) is 8.08. The van der Waals surface area contributed by atoms with E-state index in [0.717, 1.165) is 12.1 Å². The number of hydrogen-bond donors (Lipinski definition) is 1. The van der Waals surface area contributed by atoms with Crippen LogP contribution in [0.15, 0.2) is 30.5 Å². The molecule has 6 nitrogen and oxygen atoms in total. The highest BCUT2D eigenvalue weighted by Gasteiger charge is 2.22. The molecule has 0 aliphatic rings. The third-order valence-corrected chi connectivity index (χ3v) is 3.03. The Bertz CT molecular complexity index is 551. The number of pyridine rings is 1. The molecule has 0 spiro atoms. The summed E-state index contributed by atoms with van der Waals surface area (Å²) in [5.41, 5.74) is 0.934. The van der Waals surface area contributed by atoms with Crippen molar-refractivity contribution in [2.24, 2.45) is 0 Å². The van der Waals surface area contributed by atoms with Gasteiger partial charge < -0.3 is 14.7 Å². The van der Waals surface area contributed by atoms with E-state index in [9.17, 15) is 9.90 Å². The van der Waals surface area contributed by atoms with Gasteiger partial charge in [0.2, 0.25) is 0 Å². The molecule has 0 radical (unpaired) electrons. The number of hydrogen-bond acceptors (Lipinski definition) is 5. The number of carbonyl (C=O) groups excluding carboxylic acids is 1. The monoisotopic (exact) mass is 335 g/mol. The second-order valence-corrected chi connectivity index (χ2v) is 6.91. The Morgan fingerprint density at radius 3 is 2.54 bits per heavy atom. The number of amides is 1. The van der Waals surface area contributed by atoms with Crippen molar-refractivity contribution in [1.29, 1.82) is 0 Å². The molecule has 0 aromatic carbocycles. The lowest BCUT2D eigenvalue weighted by molar-refractivity contribution is 0.0254. The number of carbonyl (C=O) groups is 1. The standard InChI is InChI=1S/C18H29N3O3/c1-18(2,3)24-17(23)21(11-7-6-10-20(4)5)13-16-12-15(14-22)8-9-19-16/h6-9,12,22H,10-11,13-14H2,1-5H3/b7-6+. The lowest BCUT2D eigenvalue weighted by atomic mass is 10.2. The summed E-state index contributed by atoms with van der Waals surface area (Å²) >= 11 is 0. The summed E-state index contributed by atoms with van der Waals surface area (Å²) in [6.07, 6.45) is 5.21. The van der Waals surface area contributed by atoms with Crippen molar-refractivity contribution >= 4 is 6.09 Å². The molecule has 0 atom stereocenters. The molecule has 1 N–H and O–H groups in total. The van der Waals surface area contributed by atoms with Crippen LogP contribution in [0.25, 0.3) is 0 Å². The molecule has 6 heteroatoms. The quantitative estimate of drug-likeness (QED) is 0.775. The first-order valence-electron chi connectivity index (χ1n) is 8.03. The number of aliphatic hydroxyl groups is 1. The summed E-state index contributed by atoms with van der Waals surface area (Å²) in [5.74, 6) is 0. The van der Waals surface area contributed by atoms with Gasteiger partial charge in [-0.25, -0.2) is 4.79 Å². The molecule has 0 fully saturated rings. The number of likely N-dealkylation sites (N-methyl/N-ethyl adjacent to an activating group) is 1. The Hall–Kier alpha value is -1.92. The predicted molar refractivity (Wildman–Crippen MR) is 94.5 cm³/mol. The number of aromatic nitrogens is 1. The van der Waals surface area contributed by atoms with E-state index in [1.165, 1.54) is 0 Å². The molecule has 1 aromatic rings. The topological polar surface area (TPSA) is 65.9 Å². The van der Waals surface area contributed by atoms with Crippen LogP contribution in [0.1, 0.15) is 32.0 Å². The van der Waals surface area contributed by atoms with E-state index >= 15 is 0 Å². The Labute approximate surface area is 144 Å². The molecule has 1 aromatic heterocycles. The molecule has 1 amide bonds. The molecule has 0 saturated carbocycles. The summed E-state index contributed by atoms with van der Waals surface area (Å²) in [7, 11) is 3.97. The molecular weight excluding hydrogens is 306 g/mol. The summed E-state index contributed by atoms with van der Waals surface area (Å²) < 4.78 is 5.47. The van der Waals surface area contributed by atoms with Crippen molar-refractivity contribution in [2.75, 3.05) is 27.2 Å². The fourth-order valence-corrected chi connectivity index (χ4v) is 1.93. The normalized spacial score (nSPS) is 12.0. The van der Waals surface area contributed by atoms with Crippen LogP contribution < -0.4 is 0 Å². The number of nitrogens with zero attached hydrogens (tertiary/aromatic N) is 3. The molecule has 0 bridgehead atoms. The second-order valence-electron chi connectivity index (χ2n) is 6.91. The minimum Gasteiger partial charge on any atom is -0.444 e. The zero-order valence-corrected chi connectivity index (χ0v) is 15.3. The van der Waals surface area contributed by atoms with Crippen molar-refractivity contribution in [2.45, 2.75) is 39.5 Å². The smallest absolute Gasteiger partial charge is 0.410 e. The maximum atomic E-state index is 12.4. The van der Waals surface area contributed by atoms with E-state index in [0.29, 0.717) is 18.8 Å². The van der Waals surface area contributed by atoms with Gasteiger partial charge in [-0.3, -0.25) is 9.88 Å². The van der Waals surface area contributed by atoms with Gasteiger partial charge in [0.1, 0.15) is 5.60 Å². The summed E-state index contributed by atoms with van der Waals surface area (Å²) in [4.78, 5) is 20.3. The minimum atomic E-state index is -0.553. The van der Waals surface area contributed by atoms with E-state index in [4.69, 9.17) is 4.74 Å². The van der Waals surface area contributed by atoms with E-state index in [1.807, 2.05) is 51.9 Å². The second kappa shape index (κ2) is 9.39. The van der Waals surface area contributed by atoms with Crippen LogP contribution in [0.2, 0.25) is 0 Å². The molecule has 0 aliphatic heterocycles. The molecule has 134 valence electrons. The molecular formula is C18H29N3O3. The zero-order valence-electron chi connectivity index (χ0n) is 15.3. The fourth-order valence-electron chi connectivity index (χ4n) is 1.93. The van der Waals surface area contributed by atoms with Crippen molar-refractivity contribution in [3.05, 3.63) is 41.7 Å². The zero-order chi connectivity index (χ0) is 18.2. The van der Waals surface area contributed by atoms with Gasteiger partial charge in [0.15, 0.2) is 0 Å². The SMILES string of the molecule is CN(C)C/C=C/CN(Cc1cc(CO)ccn1)C(=O)OC(C)(C)C. The molecule has 0 unspecified atom stereocenters. The number of aliphatic hydroxyl groups excluding tert-OH is 1. The van der Waals surface area contributed by atoms with Gasteiger partial charge in [0, 0.05) is 19.3 Å². The highest BCUT2D eigenvalue weighted by atomic mass is 16.6. The largest absolute Gasteiger partial charge is 0.444 e. The van der Waals surface area contributed by atoms with E-state index in [1.54, 1.807) is 23.2 Å². The van der Waals surface area contributed by atoms with Crippen LogP contribution in [-0.4, -0.2) is 58.8 Å². The molecule has 1 rings (SSSR count). The minimum absolute atomic E-state index is 0.0509. The molecule has 0 saturated heterocycles. The van der Waals surface area contributed by atoms with Crippen molar-refractivity contribution in [3.63, 3.8) is 0 Å². The Morgan fingerprint density at radius 1 is 1.29 bits per heavy atom. The van der Waals surface area contributed by atoms with Gasteiger partial charge in [-0.2, -0.15) is 0 Å². The molecule has 24 heavy (non-hydrogen) atoms. The van der Waals surface area contributed by atoms with Crippen molar-refractivity contribution in [3.8, 4) is 0 Å². The summed E-state index contributed by atoms with van der Waals surface area (Å²) in [6.45, 7) is 7.05. The first-order chi connectivity index (χ1) is 11.2. The number of ether oxygens (including phenoxy) is 1. The number of rotatable bonds is 7. The van der Waals surface area contributed by atoms with Crippen molar-refractivity contribution < 1.29 is 14.6 Å². The van der Waals surface area contributed by atoms with Gasteiger partial charge in [-0.05, 0) is 52.6 Å². The highest BCUT2D eigenvalue weighted by Crippen LogP contribution is 2.13. The Morgan fingerprint density at radius 2 is 1.96 bits per heavy atom. The summed E-state index contributed by atoms with van der Waals surface area (Å²) in [6, 6.07) is 3.54. The average molecular weight is 335 g/mol. The predicted octanol–water partition coefficient (Wildman–Crippen LogP) is 2.43. The van der Waals surface area contributed by atoms with Crippen LogP contribution in [-0.2, 0) is 17.9 Å². The lowest BCUT2D eigenvalue weighted by Gasteiger charge is -2.26. The van der Waals surface area contributed by atoms with Gasteiger partial charge in [-0.15, -0.1) is 0 Å². The highest BCUT2D eigenvalue weighted by molar-refractivity contribution is 5.68. The van der Waals surface area contributed by atoms with Gasteiger partial charge >= 0.3 is 6.09 Å². The van der Waals surface area contributed by atoms with E-state index in [-0.39, 0.29) is 12.7 Å². The van der Waals surface area contributed by atoms with Crippen LogP contribution >= 0.6 is 0 Å². The van der Waals surface area contributed by atoms with E-state index in [2.05, 4.69) is 4.98 Å². The fraction of sp³-hybridized carbons (Fsp3) is 0.556. The van der Waals surface area contributed by atoms with Crippen LogP contribution in [0.3, 0.4) is 0 Å². The third-order valence-electron chi connectivity index (χ3n) is 3.03. The van der Waals surface area contributed by atoms with Crippen molar-refractivity contribution in [1.82, 2.24) is 14.8 Å². The van der Waals surface area contributed by atoms with Crippen LogP contribution in [0.5, 0.6) is 0 Å². The van der Waals surface area contributed by atoms with E-state index < -0.39 is 5.60 Å². The Balaban J connectivity index is 2.82. The van der Waals surface area contributed by atoms with Crippen LogP contribution in [0, 0.1) is 0 Å². The first-order valence-corrected chi connectivity index (χ1v) is 8.03. The van der Waals surface area contributed by atoms with Gasteiger partial charge in [0.05, 0.1) is 18.8 Å².